The maximum Gasteiger partial charge on any atom is 0.260 e. The van der Waals surface area contributed by atoms with Gasteiger partial charge in [-0.15, -0.1) is 0 Å². The third-order valence-corrected chi connectivity index (χ3v) is 8.61. The Balaban J connectivity index is 1.79. The fourth-order valence-corrected chi connectivity index (χ4v) is 5.88. The lowest BCUT2D eigenvalue weighted by Crippen LogP contribution is -2.38. The molecule has 0 saturated heterocycles. The molecular weight excluding hydrogens is 544 g/mol. The molecule has 0 atom stereocenters. The van der Waals surface area contributed by atoms with Gasteiger partial charge in [0.15, 0.2) is 11.9 Å². The highest BCUT2D eigenvalue weighted by molar-refractivity contribution is 6.04. The summed E-state index contributed by atoms with van der Waals surface area (Å²) < 4.78 is 8.46. The van der Waals surface area contributed by atoms with Crippen LogP contribution in [0.25, 0.3) is 0 Å². The number of ether oxygens (including phenoxy) is 1. The number of pyridine rings is 1. The lowest BCUT2D eigenvalue weighted by molar-refractivity contribution is -0.700. The summed E-state index contributed by atoms with van der Waals surface area (Å²) in [6, 6.07) is 11.8. The molecule has 0 unspecified atom stereocenters. The molecule has 5 heteroatoms. The van der Waals surface area contributed by atoms with E-state index in [0.29, 0.717) is 18.7 Å². The van der Waals surface area contributed by atoms with Crippen LogP contribution in [0.1, 0.15) is 159 Å². The first kappa shape index (κ1) is 37.5. The molecule has 0 radical (unpaired) electrons. The van der Waals surface area contributed by atoms with Crippen LogP contribution in [0.2, 0.25) is 0 Å². The van der Waals surface area contributed by atoms with Gasteiger partial charge >= 0.3 is 0 Å². The lowest BCUT2D eigenvalue weighted by atomic mass is 9.85. The van der Waals surface area contributed by atoms with Crippen molar-refractivity contribution in [3.8, 4) is 5.75 Å². The van der Waals surface area contributed by atoms with Crippen molar-refractivity contribution >= 4 is 11.8 Å². The zero-order valence-electron chi connectivity index (χ0n) is 29.1. The van der Waals surface area contributed by atoms with Crippen molar-refractivity contribution in [2.45, 2.75) is 156 Å². The van der Waals surface area contributed by atoms with Crippen LogP contribution in [0.15, 0.2) is 42.6 Å². The summed E-state index contributed by atoms with van der Waals surface area (Å²) in [5.41, 5.74) is 2.56. The van der Waals surface area contributed by atoms with Gasteiger partial charge in [0.25, 0.3) is 5.91 Å². The third-order valence-electron chi connectivity index (χ3n) is 8.61. The first-order valence-electron chi connectivity index (χ1n) is 17.8. The minimum atomic E-state index is -0.238. The maximum absolute atomic E-state index is 13.5. The van der Waals surface area contributed by atoms with Gasteiger partial charge < -0.3 is 4.74 Å². The molecule has 0 spiro atoms. The monoisotopic (exact) mass is 607 g/mol. The largest absolute Gasteiger partial charge is 0.493 e. The minimum absolute atomic E-state index is 0.191. The molecule has 0 bridgehead atoms. The molecule has 2 rings (SSSR count). The van der Waals surface area contributed by atoms with E-state index >= 15 is 0 Å². The fourth-order valence-electron chi connectivity index (χ4n) is 5.88. The molecule has 0 aliphatic carbocycles. The van der Waals surface area contributed by atoms with Crippen molar-refractivity contribution in [1.29, 1.82) is 0 Å². The number of carbonyl (C=O) groups excluding carboxylic acids is 2. The van der Waals surface area contributed by atoms with Gasteiger partial charge in [0.05, 0.1) is 6.61 Å². The second kappa shape index (κ2) is 21.1. The quantitative estimate of drug-likeness (QED) is 0.0989. The zero-order chi connectivity index (χ0) is 32.2. The summed E-state index contributed by atoms with van der Waals surface area (Å²) in [5, 5.41) is 0. The summed E-state index contributed by atoms with van der Waals surface area (Å²) in [4.78, 5) is 27.4. The topological polar surface area (TPSA) is 50.5 Å². The van der Waals surface area contributed by atoms with Crippen LogP contribution in [-0.2, 0) is 23.2 Å². The van der Waals surface area contributed by atoms with Gasteiger partial charge in [0, 0.05) is 43.1 Å². The van der Waals surface area contributed by atoms with Gasteiger partial charge in [-0.1, -0.05) is 117 Å². The summed E-state index contributed by atoms with van der Waals surface area (Å²) >= 11 is 0. The molecular formula is C39H63N2O3+. The Morgan fingerprint density at radius 1 is 0.773 bits per heavy atom. The van der Waals surface area contributed by atoms with Crippen molar-refractivity contribution in [2.24, 2.45) is 0 Å². The molecule has 44 heavy (non-hydrogen) atoms. The summed E-state index contributed by atoms with van der Waals surface area (Å²) in [6.45, 7) is 14.3. The van der Waals surface area contributed by atoms with Crippen LogP contribution in [0, 0.1) is 0 Å². The first-order chi connectivity index (χ1) is 21.2. The van der Waals surface area contributed by atoms with Crippen LogP contribution < -0.4 is 9.30 Å². The number of imide groups is 1. The number of hydrogen-bond acceptors (Lipinski definition) is 3. The van der Waals surface area contributed by atoms with E-state index in [-0.39, 0.29) is 17.2 Å². The van der Waals surface area contributed by atoms with Crippen LogP contribution in [0.5, 0.6) is 5.75 Å². The van der Waals surface area contributed by atoms with Crippen molar-refractivity contribution in [2.75, 3.05) is 13.2 Å². The Labute approximate surface area is 269 Å². The number of unbranched alkanes of at least 4 members (excludes halogenated alkanes) is 13. The molecule has 1 aromatic heterocycles. The van der Waals surface area contributed by atoms with Crippen LogP contribution in [-0.4, -0.2) is 29.9 Å². The third kappa shape index (κ3) is 13.9. The molecule has 0 aliphatic rings. The number of benzene rings is 1. The minimum Gasteiger partial charge on any atom is -0.493 e. The molecule has 1 aromatic carbocycles. The van der Waals surface area contributed by atoms with E-state index in [9.17, 15) is 9.59 Å². The average molecular weight is 608 g/mol. The Morgan fingerprint density at radius 2 is 1.36 bits per heavy atom. The van der Waals surface area contributed by atoms with E-state index in [1.165, 1.54) is 101 Å². The molecule has 246 valence electrons. The predicted octanol–water partition coefficient (Wildman–Crippen LogP) is 9.77. The van der Waals surface area contributed by atoms with Gasteiger partial charge in [0.1, 0.15) is 12.3 Å². The van der Waals surface area contributed by atoms with Crippen molar-refractivity contribution in [3.05, 3.63) is 59.4 Å². The summed E-state index contributed by atoms with van der Waals surface area (Å²) in [7, 11) is 0. The maximum atomic E-state index is 13.5. The molecule has 0 N–H and O–H groups in total. The number of amides is 2. The van der Waals surface area contributed by atoms with Gasteiger partial charge in [-0.2, -0.15) is 0 Å². The number of rotatable bonds is 22. The molecule has 2 amide bonds. The van der Waals surface area contributed by atoms with Crippen LogP contribution in [0.4, 0.5) is 0 Å². The van der Waals surface area contributed by atoms with E-state index in [2.05, 4.69) is 51.4 Å². The van der Waals surface area contributed by atoms with Crippen LogP contribution in [0.3, 0.4) is 0 Å². The molecule has 0 fully saturated rings. The Bertz CT molecular complexity index is 1100. The molecule has 1 heterocycles. The molecule has 2 aromatic rings. The Kier molecular flexibility index (Phi) is 18.0. The highest BCUT2D eigenvalue weighted by Gasteiger charge is 2.25. The highest BCUT2D eigenvalue weighted by Crippen LogP contribution is 2.33. The van der Waals surface area contributed by atoms with Crippen molar-refractivity contribution in [3.63, 3.8) is 0 Å². The van der Waals surface area contributed by atoms with E-state index in [4.69, 9.17) is 4.74 Å². The molecule has 0 saturated carbocycles. The summed E-state index contributed by atoms with van der Waals surface area (Å²) in [5.74, 6) is 0.381. The smallest absolute Gasteiger partial charge is 0.260 e. The summed E-state index contributed by atoms with van der Waals surface area (Å²) in [6.07, 6.45) is 22.3. The number of aromatic nitrogens is 1. The first-order valence-corrected chi connectivity index (χ1v) is 17.8. The Hall–Kier alpha value is -2.69. The van der Waals surface area contributed by atoms with E-state index in [0.717, 1.165) is 37.1 Å². The highest BCUT2D eigenvalue weighted by atomic mass is 16.5. The SMILES string of the molecule is CCCCCCCCCCCCCCCCOc1ccc(C(=O)N(CCCc2cccc[n+]2CC)C(C)=O)cc1C(C)(C)C. The predicted molar refractivity (Wildman–Crippen MR) is 183 cm³/mol. The lowest BCUT2D eigenvalue weighted by Gasteiger charge is -2.25. The second-order valence-electron chi connectivity index (χ2n) is 13.5. The second-order valence-corrected chi connectivity index (χ2v) is 13.5. The number of carbonyl (C=O) groups is 2. The Morgan fingerprint density at radius 3 is 1.91 bits per heavy atom. The normalized spacial score (nSPS) is 11.5. The molecule has 5 nitrogen and oxygen atoms in total. The fraction of sp³-hybridized carbons (Fsp3) is 0.667. The van der Waals surface area contributed by atoms with Crippen molar-refractivity contribution in [1.82, 2.24) is 4.90 Å². The number of aryl methyl sites for hydroxylation is 2. The van der Waals surface area contributed by atoms with Crippen LogP contribution >= 0.6 is 0 Å². The van der Waals surface area contributed by atoms with Crippen molar-refractivity contribution < 1.29 is 18.9 Å². The number of nitrogens with zero attached hydrogens (tertiary/aromatic N) is 2. The molecule has 0 aliphatic heterocycles. The van der Waals surface area contributed by atoms with Gasteiger partial charge in [-0.25, -0.2) is 4.57 Å². The van der Waals surface area contributed by atoms with E-state index in [1.807, 2.05) is 30.3 Å². The standard InChI is InChI=1S/C39H63N2O3/c1-7-9-10-11-12-13-14-15-16-17-18-19-20-23-31-44-37-28-27-34(32-36(37)39(4,5)6)38(43)41(33(3)42)30-24-26-35-25-21-22-29-40(35)8-2/h21-22,25,27-29,32H,7-20,23-24,26,30-31H2,1-6H3/q+1. The number of hydrogen-bond donors (Lipinski definition) is 0. The van der Waals surface area contributed by atoms with Gasteiger partial charge in [-0.3, -0.25) is 14.5 Å². The zero-order valence-corrected chi connectivity index (χ0v) is 29.1. The van der Waals surface area contributed by atoms with E-state index in [1.54, 1.807) is 0 Å². The average Bonchev–Trinajstić information content (AvgIpc) is 3.00. The van der Waals surface area contributed by atoms with E-state index < -0.39 is 0 Å². The van der Waals surface area contributed by atoms with Gasteiger partial charge in [-0.05, 0) is 43.4 Å². The van der Waals surface area contributed by atoms with Gasteiger partial charge in [0.2, 0.25) is 5.91 Å².